The number of carbonyl (C=O) groups is 2. The van der Waals surface area contributed by atoms with Crippen LogP contribution in [0.15, 0.2) is 18.2 Å². The number of amides is 1. The van der Waals surface area contributed by atoms with Crippen LogP contribution in [0.4, 0.5) is 0 Å². The number of carboxylic acids is 1. The van der Waals surface area contributed by atoms with Crippen LogP contribution in [0.2, 0.25) is 0 Å². The number of rotatable bonds is 6. The minimum absolute atomic E-state index is 0.0247. The first-order valence-corrected chi connectivity index (χ1v) is 7.47. The molecule has 0 aromatic heterocycles. The highest BCUT2D eigenvalue weighted by Crippen LogP contribution is 2.29. The first kappa shape index (κ1) is 17.1. The fourth-order valence-electron chi connectivity index (χ4n) is 2.66. The van der Waals surface area contributed by atoms with Gasteiger partial charge in [0.2, 0.25) is 5.91 Å². The number of benzene rings is 1. The number of ether oxygens (including phenoxy) is 2. The molecule has 0 radical (unpaired) electrons. The van der Waals surface area contributed by atoms with E-state index < -0.39 is 12.1 Å². The van der Waals surface area contributed by atoms with Crippen molar-refractivity contribution in [2.24, 2.45) is 0 Å². The highest BCUT2D eigenvalue weighted by Gasteiger charge is 2.34. The SMILES string of the molecule is CCC(=O)N1C[C@@H](O)C[C@H]1COc1ccc(C(=O)O)cc1OC. The molecule has 0 saturated carbocycles. The molecule has 2 rings (SSSR count). The van der Waals surface area contributed by atoms with Crippen LogP contribution in [0.1, 0.15) is 30.1 Å². The topological polar surface area (TPSA) is 96.3 Å². The van der Waals surface area contributed by atoms with E-state index in [0.29, 0.717) is 30.9 Å². The van der Waals surface area contributed by atoms with Gasteiger partial charge in [-0.2, -0.15) is 0 Å². The Balaban J connectivity index is 2.07. The van der Waals surface area contributed by atoms with E-state index >= 15 is 0 Å². The Kier molecular flexibility index (Phi) is 5.44. The minimum atomic E-state index is -1.05. The average molecular weight is 323 g/mol. The molecule has 1 amide bonds. The van der Waals surface area contributed by atoms with Crippen molar-refractivity contribution >= 4 is 11.9 Å². The Labute approximate surface area is 134 Å². The molecule has 1 aromatic carbocycles. The second-order valence-corrected chi connectivity index (χ2v) is 5.42. The number of aliphatic hydroxyl groups is 1. The molecule has 1 aliphatic heterocycles. The predicted octanol–water partition coefficient (Wildman–Crippen LogP) is 1.14. The second kappa shape index (κ2) is 7.32. The lowest BCUT2D eigenvalue weighted by molar-refractivity contribution is -0.132. The van der Waals surface area contributed by atoms with Gasteiger partial charge >= 0.3 is 5.97 Å². The van der Waals surface area contributed by atoms with Gasteiger partial charge in [0.1, 0.15) is 6.61 Å². The molecule has 2 atom stereocenters. The summed E-state index contributed by atoms with van der Waals surface area (Å²) in [6.45, 7) is 2.31. The average Bonchev–Trinajstić information content (AvgIpc) is 2.92. The Hall–Kier alpha value is -2.28. The molecular formula is C16H21NO6. The van der Waals surface area contributed by atoms with Gasteiger partial charge in [-0.15, -0.1) is 0 Å². The van der Waals surface area contributed by atoms with Crippen LogP contribution in [0.25, 0.3) is 0 Å². The first-order chi connectivity index (χ1) is 11.0. The van der Waals surface area contributed by atoms with Gasteiger partial charge in [0.15, 0.2) is 11.5 Å². The van der Waals surface area contributed by atoms with Gasteiger partial charge in [0.05, 0.1) is 24.8 Å². The zero-order chi connectivity index (χ0) is 17.0. The van der Waals surface area contributed by atoms with E-state index in [4.69, 9.17) is 14.6 Å². The van der Waals surface area contributed by atoms with Gasteiger partial charge in [-0.3, -0.25) is 4.79 Å². The summed E-state index contributed by atoms with van der Waals surface area (Å²) in [7, 11) is 1.43. The summed E-state index contributed by atoms with van der Waals surface area (Å²) in [5.74, 6) is -0.351. The van der Waals surface area contributed by atoms with Crippen LogP contribution in [0.3, 0.4) is 0 Å². The number of carbonyl (C=O) groups excluding carboxylic acids is 1. The van der Waals surface area contributed by atoms with Gasteiger partial charge in [-0.1, -0.05) is 6.92 Å². The molecule has 126 valence electrons. The molecule has 1 fully saturated rings. The molecule has 1 heterocycles. The van der Waals surface area contributed by atoms with Crippen molar-refractivity contribution in [3.8, 4) is 11.5 Å². The van der Waals surface area contributed by atoms with E-state index in [1.54, 1.807) is 11.8 Å². The quantitative estimate of drug-likeness (QED) is 0.815. The number of hydrogen-bond donors (Lipinski definition) is 2. The van der Waals surface area contributed by atoms with E-state index in [2.05, 4.69) is 0 Å². The largest absolute Gasteiger partial charge is 0.493 e. The molecule has 1 aliphatic rings. The lowest BCUT2D eigenvalue weighted by Crippen LogP contribution is -2.38. The van der Waals surface area contributed by atoms with Crippen LogP contribution in [0, 0.1) is 0 Å². The maximum Gasteiger partial charge on any atom is 0.335 e. The summed E-state index contributed by atoms with van der Waals surface area (Å²) in [5.41, 5.74) is 0.105. The molecule has 0 bridgehead atoms. The number of β-amino-alcohol motifs (C(OH)–C–C–N with tert-alkyl or cyclic N) is 1. The number of hydrogen-bond acceptors (Lipinski definition) is 5. The normalized spacial score (nSPS) is 20.4. The van der Waals surface area contributed by atoms with Gasteiger partial charge < -0.3 is 24.6 Å². The van der Waals surface area contributed by atoms with Gasteiger partial charge in [0.25, 0.3) is 0 Å². The summed E-state index contributed by atoms with van der Waals surface area (Å²) >= 11 is 0. The van der Waals surface area contributed by atoms with E-state index in [0.717, 1.165) is 0 Å². The van der Waals surface area contributed by atoms with Crippen molar-refractivity contribution in [1.82, 2.24) is 4.90 Å². The molecule has 7 heteroatoms. The standard InChI is InChI=1S/C16H21NO6/c1-3-15(19)17-8-12(18)7-11(17)9-23-13-5-4-10(16(20)21)6-14(13)22-2/h4-6,11-12,18H,3,7-9H2,1-2H3,(H,20,21)/t11-,12-/m0/s1. The summed E-state index contributed by atoms with van der Waals surface area (Å²) in [5, 5.41) is 18.8. The summed E-state index contributed by atoms with van der Waals surface area (Å²) < 4.78 is 10.8. The highest BCUT2D eigenvalue weighted by atomic mass is 16.5. The second-order valence-electron chi connectivity index (χ2n) is 5.42. The van der Waals surface area contributed by atoms with Crippen LogP contribution in [0.5, 0.6) is 11.5 Å². The summed E-state index contributed by atoms with van der Waals surface area (Å²) in [6.07, 6.45) is 0.288. The van der Waals surface area contributed by atoms with Crippen LogP contribution in [-0.2, 0) is 4.79 Å². The smallest absolute Gasteiger partial charge is 0.335 e. The molecule has 7 nitrogen and oxygen atoms in total. The maximum atomic E-state index is 11.9. The number of nitrogens with zero attached hydrogens (tertiary/aromatic N) is 1. The third kappa shape index (κ3) is 3.92. The lowest BCUT2D eigenvalue weighted by Gasteiger charge is -2.24. The van der Waals surface area contributed by atoms with Crippen molar-refractivity contribution in [1.29, 1.82) is 0 Å². The van der Waals surface area contributed by atoms with Crippen molar-refractivity contribution in [2.45, 2.75) is 31.9 Å². The van der Waals surface area contributed by atoms with Crippen molar-refractivity contribution in [3.63, 3.8) is 0 Å². The zero-order valence-electron chi connectivity index (χ0n) is 13.2. The molecule has 1 saturated heterocycles. The Bertz CT molecular complexity index is 588. The van der Waals surface area contributed by atoms with Crippen molar-refractivity contribution in [2.75, 3.05) is 20.3 Å². The molecule has 1 aromatic rings. The minimum Gasteiger partial charge on any atom is -0.493 e. The fourth-order valence-corrected chi connectivity index (χ4v) is 2.66. The van der Waals surface area contributed by atoms with Crippen LogP contribution >= 0.6 is 0 Å². The molecule has 0 unspecified atom stereocenters. The monoisotopic (exact) mass is 323 g/mol. The van der Waals surface area contributed by atoms with Crippen LogP contribution < -0.4 is 9.47 Å². The Morgan fingerprint density at radius 3 is 2.70 bits per heavy atom. The highest BCUT2D eigenvalue weighted by molar-refractivity contribution is 5.88. The van der Waals surface area contributed by atoms with E-state index in [1.807, 2.05) is 0 Å². The van der Waals surface area contributed by atoms with E-state index in [9.17, 15) is 14.7 Å². The Morgan fingerprint density at radius 2 is 2.09 bits per heavy atom. The fraction of sp³-hybridized carbons (Fsp3) is 0.500. The zero-order valence-corrected chi connectivity index (χ0v) is 13.2. The maximum absolute atomic E-state index is 11.9. The molecule has 0 aliphatic carbocycles. The molecule has 23 heavy (non-hydrogen) atoms. The number of likely N-dealkylation sites (tertiary alicyclic amines) is 1. The van der Waals surface area contributed by atoms with E-state index in [1.165, 1.54) is 25.3 Å². The van der Waals surface area contributed by atoms with Crippen molar-refractivity contribution < 1.29 is 29.3 Å². The Morgan fingerprint density at radius 1 is 1.35 bits per heavy atom. The first-order valence-electron chi connectivity index (χ1n) is 7.47. The van der Waals surface area contributed by atoms with Gasteiger partial charge in [-0.25, -0.2) is 4.79 Å². The number of methoxy groups -OCH3 is 1. The molecule has 2 N–H and O–H groups in total. The number of aliphatic hydroxyl groups excluding tert-OH is 1. The van der Waals surface area contributed by atoms with E-state index in [-0.39, 0.29) is 24.1 Å². The number of aromatic carboxylic acids is 1. The van der Waals surface area contributed by atoms with Crippen LogP contribution in [-0.4, -0.2) is 59.4 Å². The lowest BCUT2D eigenvalue weighted by atomic mass is 10.2. The van der Waals surface area contributed by atoms with Gasteiger partial charge in [0, 0.05) is 13.0 Å². The summed E-state index contributed by atoms with van der Waals surface area (Å²) in [4.78, 5) is 24.5. The van der Waals surface area contributed by atoms with Crippen molar-refractivity contribution in [3.05, 3.63) is 23.8 Å². The third-order valence-corrected chi connectivity index (χ3v) is 3.86. The van der Waals surface area contributed by atoms with Gasteiger partial charge in [-0.05, 0) is 24.6 Å². The molecule has 0 spiro atoms. The summed E-state index contributed by atoms with van der Waals surface area (Å²) in [6, 6.07) is 4.13. The predicted molar refractivity (Wildman–Crippen MR) is 81.9 cm³/mol. The third-order valence-electron chi connectivity index (χ3n) is 3.86. The number of carboxylic acid groups (broad SMARTS) is 1. The molecular weight excluding hydrogens is 302 g/mol.